The van der Waals surface area contributed by atoms with E-state index in [2.05, 4.69) is 4.98 Å². The maximum Gasteiger partial charge on any atom is 0.308 e. The molecule has 0 spiro atoms. The maximum absolute atomic E-state index is 12.5. The van der Waals surface area contributed by atoms with Crippen molar-refractivity contribution in [3.63, 3.8) is 0 Å². The van der Waals surface area contributed by atoms with Gasteiger partial charge in [0.05, 0.1) is 12.5 Å². The topological polar surface area (TPSA) is 79.7 Å². The van der Waals surface area contributed by atoms with Crippen LogP contribution in [-0.4, -0.2) is 46.6 Å². The Bertz CT molecular complexity index is 518. The van der Waals surface area contributed by atoms with E-state index in [0.717, 1.165) is 0 Å². The third-order valence-corrected chi connectivity index (χ3v) is 3.50. The number of hydrogen-bond acceptors (Lipinski definition) is 4. The monoisotopic (exact) mass is 278 g/mol. The largest absolute Gasteiger partial charge is 0.481 e. The van der Waals surface area contributed by atoms with Crippen LogP contribution in [0.5, 0.6) is 5.88 Å². The van der Waals surface area contributed by atoms with Crippen molar-refractivity contribution in [2.45, 2.75) is 13.8 Å². The number of nitrogens with zero attached hydrogens (tertiary/aromatic N) is 2. The molecule has 1 aliphatic rings. The Morgan fingerprint density at radius 3 is 2.85 bits per heavy atom. The number of rotatable bonds is 4. The summed E-state index contributed by atoms with van der Waals surface area (Å²) >= 11 is 0. The first-order valence-corrected chi connectivity index (χ1v) is 6.64. The van der Waals surface area contributed by atoms with Crippen molar-refractivity contribution in [3.8, 4) is 5.88 Å². The van der Waals surface area contributed by atoms with Gasteiger partial charge in [0.15, 0.2) is 0 Å². The molecule has 1 fully saturated rings. The fourth-order valence-corrected chi connectivity index (χ4v) is 2.43. The van der Waals surface area contributed by atoms with Crippen molar-refractivity contribution in [2.24, 2.45) is 11.8 Å². The first kappa shape index (κ1) is 14.3. The zero-order valence-electron chi connectivity index (χ0n) is 11.6. The molecule has 0 aromatic carbocycles. The van der Waals surface area contributed by atoms with Gasteiger partial charge in [-0.05, 0) is 25.0 Å². The molecule has 20 heavy (non-hydrogen) atoms. The average Bonchev–Trinajstić information content (AvgIpc) is 2.81. The number of hydrogen-bond donors (Lipinski definition) is 1. The van der Waals surface area contributed by atoms with Gasteiger partial charge in [0.25, 0.3) is 5.91 Å². The molecular formula is C14H18N2O4. The molecule has 1 amide bonds. The minimum atomic E-state index is -0.857. The molecular weight excluding hydrogens is 260 g/mol. The summed E-state index contributed by atoms with van der Waals surface area (Å²) in [6.07, 6.45) is 1.56. The van der Waals surface area contributed by atoms with E-state index in [1.807, 2.05) is 13.8 Å². The molecule has 2 atom stereocenters. The van der Waals surface area contributed by atoms with Gasteiger partial charge in [-0.25, -0.2) is 4.98 Å². The van der Waals surface area contributed by atoms with Gasteiger partial charge in [-0.1, -0.05) is 6.92 Å². The SMILES string of the molecule is CCOc1ncccc1C(=O)N1C[C@@H](C)[C@H](C(=O)O)C1. The van der Waals surface area contributed by atoms with E-state index in [1.165, 1.54) is 0 Å². The normalized spacial score (nSPS) is 21.8. The minimum Gasteiger partial charge on any atom is -0.481 e. The zero-order chi connectivity index (χ0) is 14.7. The summed E-state index contributed by atoms with van der Waals surface area (Å²) in [6.45, 7) is 4.76. The van der Waals surface area contributed by atoms with E-state index in [0.29, 0.717) is 24.6 Å². The molecule has 108 valence electrons. The van der Waals surface area contributed by atoms with Gasteiger partial charge in [0.1, 0.15) is 5.56 Å². The van der Waals surface area contributed by atoms with Crippen LogP contribution >= 0.6 is 0 Å². The lowest BCUT2D eigenvalue weighted by Gasteiger charge is -2.17. The first-order valence-electron chi connectivity index (χ1n) is 6.64. The number of likely N-dealkylation sites (tertiary alicyclic amines) is 1. The van der Waals surface area contributed by atoms with E-state index >= 15 is 0 Å². The highest BCUT2D eigenvalue weighted by atomic mass is 16.5. The summed E-state index contributed by atoms with van der Waals surface area (Å²) in [5.74, 6) is -1.34. The molecule has 2 heterocycles. The van der Waals surface area contributed by atoms with Crippen molar-refractivity contribution in [3.05, 3.63) is 23.9 Å². The second kappa shape index (κ2) is 5.90. The zero-order valence-corrected chi connectivity index (χ0v) is 11.6. The summed E-state index contributed by atoms with van der Waals surface area (Å²) in [6, 6.07) is 3.32. The van der Waals surface area contributed by atoms with Gasteiger partial charge >= 0.3 is 5.97 Å². The molecule has 6 nitrogen and oxygen atoms in total. The molecule has 0 unspecified atom stereocenters. The van der Waals surface area contributed by atoms with Crippen molar-refractivity contribution < 1.29 is 19.4 Å². The molecule has 1 aromatic rings. The van der Waals surface area contributed by atoms with E-state index < -0.39 is 11.9 Å². The molecule has 6 heteroatoms. The molecule has 0 saturated carbocycles. The highest BCUT2D eigenvalue weighted by Gasteiger charge is 2.37. The minimum absolute atomic E-state index is 0.0522. The number of aliphatic carboxylic acids is 1. The second-order valence-corrected chi connectivity index (χ2v) is 4.92. The van der Waals surface area contributed by atoms with Gasteiger partial charge in [0.2, 0.25) is 5.88 Å². The predicted molar refractivity (Wildman–Crippen MR) is 71.6 cm³/mol. The number of carbonyl (C=O) groups excluding carboxylic acids is 1. The third-order valence-electron chi connectivity index (χ3n) is 3.50. The Labute approximate surface area is 117 Å². The molecule has 0 radical (unpaired) electrons. The summed E-state index contributed by atoms with van der Waals surface area (Å²) in [5.41, 5.74) is 0.382. The van der Waals surface area contributed by atoms with Gasteiger partial charge in [-0.15, -0.1) is 0 Å². The van der Waals surface area contributed by atoms with Gasteiger partial charge in [-0.2, -0.15) is 0 Å². The fraction of sp³-hybridized carbons (Fsp3) is 0.500. The number of ether oxygens (including phenoxy) is 1. The summed E-state index contributed by atoms with van der Waals surface area (Å²) < 4.78 is 5.34. The number of carboxylic acids is 1. The Morgan fingerprint density at radius 2 is 2.25 bits per heavy atom. The van der Waals surface area contributed by atoms with Crippen molar-refractivity contribution in [1.29, 1.82) is 0 Å². The number of carboxylic acid groups (broad SMARTS) is 1. The van der Waals surface area contributed by atoms with Crippen LogP contribution < -0.4 is 4.74 Å². The Balaban J connectivity index is 2.19. The van der Waals surface area contributed by atoms with E-state index in [1.54, 1.807) is 23.2 Å². The van der Waals surface area contributed by atoms with Crippen molar-refractivity contribution in [1.82, 2.24) is 9.88 Å². The van der Waals surface area contributed by atoms with Crippen LogP contribution in [0.15, 0.2) is 18.3 Å². The third kappa shape index (κ3) is 2.74. The van der Waals surface area contributed by atoms with Crippen LogP contribution in [0.2, 0.25) is 0 Å². The number of aromatic nitrogens is 1. The number of amides is 1. The van der Waals surface area contributed by atoms with Gasteiger partial charge < -0.3 is 14.7 Å². The van der Waals surface area contributed by atoms with Crippen LogP contribution in [0.1, 0.15) is 24.2 Å². The molecule has 2 rings (SSSR count). The van der Waals surface area contributed by atoms with Crippen LogP contribution in [0.25, 0.3) is 0 Å². The van der Waals surface area contributed by atoms with E-state index in [4.69, 9.17) is 9.84 Å². The van der Waals surface area contributed by atoms with Crippen LogP contribution in [0, 0.1) is 11.8 Å². The Hall–Kier alpha value is -2.11. The number of carbonyl (C=O) groups is 2. The second-order valence-electron chi connectivity index (χ2n) is 4.92. The lowest BCUT2D eigenvalue weighted by Crippen LogP contribution is -2.30. The van der Waals surface area contributed by atoms with Gasteiger partial charge in [0, 0.05) is 19.3 Å². The summed E-state index contributed by atoms with van der Waals surface area (Å²) in [7, 11) is 0. The molecule has 1 aliphatic heterocycles. The predicted octanol–water partition coefficient (Wildman–Crippen LogP) is 1.27. The van der Waals surface area contributed by atoms with Crippen LogP contribution in [-0.2, 0) is 4.79 Å². The molecule has 1 aromatic heterocycles. The molecule has 1 saturated heterocycles. The van der Waals surface area contributed by atoms with E-state index in [9.17, 15) is 9.59 Å². The average molecular weight is 278 g/mol. The fourth-order valence-electron chi connectivity index (χ4n) is 2.43. The lowest BCUT2D eigenvalue weighted by molar-refractivity contribution is -0.142. The highest BCUT2D eigenvalue weighted by Crippen LogP contribution is 2.26. The highest BCUT2D eigenvalue weighted by molar-refractivity contribution is 5.96. The van der Waals surface area contributed by atoms with Crippen molar-refractivity contribution >= 4 is 11.9 Å². The summed E-state index contributed by atoms with van der Waals surface area (Å²) in [5, 5.41) is 9.12. The summed E-state index contributed by atoms with van der Waals surface area (Å²) in [4.78, 5) is 29.2. The first-order chi connectivity index (χ1) is 9.54. The lowest BCUT2D eigenvalue weighted by atomic mass is 9.99. The maximum atomic E-state index is 12.5. The van der Waals surface area contributed by atoms with Crippen LogP contribution in [0.3, 0.4) is 0 Å². The van der Waals surface area contributed by atoms with E-state index in [-0.39, 0.29) is 18.4 Å². The van der Waals surface area contributed by atoms with Crippen molar-refractivity contribution in [2.75, 3.05) is 19.7 Å². The molecule has 0 aliphatic carbocycles. The number of pyridine rings is 1. The Kier molecular flexibility index (Phi) is 4.22. The Morgan fingerprint density at radius 1 is 1.50 bits per heavy atom. The molecule has 0 bridgehead atoms. The smallest absolute Gasteiger partial charge is 0.308 e. The quantitative estimate of drug-likeness (QED) is 0.897. The standard InChI is InChI=1S/C14H18N2O4/c1-3-20-12-10(5-4-6-15-12)13(17)16-7-9(2)11(8-16)14(18)19/h4-6,9,11H,3,7-8H2,1-2H3,(H,18,19)/t9-,11-/m1/s1. The van der Waals surface area contributed by atoms with Crippen LogP contribution in [0.4, 0.5) is 0 Å². The van der Waals surface area contributed by atoms with Gasteiger partial charge in [-0.3, -0.25) is 9.59 Å². The molecule has 1 N–H and O–H groups in total.